The molecule has 3 fully saturated rings. The summed E-state index contributed by atoms with van der Waals surface area (Å²) in [5.41, 5.74) is 1.42. The van der Waals surface area contributed by atoms with E-state index in [2.05, 4.69) is 35.2 Å². The third-order valence-corrected chi connectivity index (χ3v) is 7.31. The van der Waals surface area contributed by atoms with Crippen molar-refractivity contribution in [3.05, 3.63) is 35.9 Å². The molecule has 1 aromatic rings. The molecule has 2 saturated heterocycles. The minimum absolute atomic E-state index is 0.348. The Morgan fingerprint density at radius 2 is 1.58 bits per heavy atom. The highest BCUT2D eigenvalue weighted by Gasteiger charge is 2.40. The highest BCUT2D eigenvalue weighted by atomic mass is 16.1. The summed E-state index contributed by atoms with van der Waals surface area (Å²) in [6.45, 7) is 1.07. The van der Waals surface area contributed by atoms with Gasteiger partial charge in [-0.2, -0.15) is 0 Å². The van der Waals surface area contributed by atoms with Gasteiger partial charge in [0, 0.05) is 31.0 Å². The normalized spacial score (nSPS) is 30.2. The van der Waals surface area contributed by atoms with E-state index in [9.17, 15) is 4.79 Å². The second-order valence-electron chi connectivity index (χ2n) is 9.07. The molecule has 2 bridgehead atoms. The summed E-state index contributed by atoms with van der Waals surface area (Å²) in [6, 6.07) is 12.1. The Labute approximate surface area is 159 Å². The van der Waals surface area contributed by atoms with Gasteiger partial charge in [-0.05, 0) is 43.6 Å². The number of nitrogens with zero attached hydrogens (tertiary/aromatic N) is 1. The molecule has 2 atom stereocenters. The summed E-state index contributed by atoms with van der Waals surface area (Å²) in [5.74, 6) is 1.78. The number of ketones is 1. The second-order valence-corrected chi connectivity index (χ2v) is 9.07. The zero-order chi connectivity index (χ0) is 17.8. The van der Waals surface area contributed by atoms with E-state index in [1.165, 1.54) is 63.4 Å². The molecule has 2 unspecified atom stereocenters. The van der Waals surface area contributed by atoms with Crippen LogP contribution >= 0.6 is 0 Å². The third kappa shape index (κ3) is 4.39. The number of carbonyl (C=O) groups excluding carboxylic acids is 1. The van der Waals surface area contributed by atoms with Crippen molar-refractivity contribution in [3.8, 4) is 0 Å². The van der Waals surface area contributed by atoms with E-state index < -0.39 is 0 Å². The van der Waals surface area contributed by atoms with Gasteiger partial charge in [-0.25, -0.2) is 0 Å². The SMILES string of the molecule is O=C(CCC1CCCCC1)C1CC2CCCC(C1)N2Cc1ccccc1. The molecule has 0 aromatic heterocycles. The Morgan fingerprint density at radius 3 is 2.27 bits per heavy atom. The Balaban J connectivity index is 1.32. The molecular formula is C24H35NO. The van der Waals surface area contributed by atoms with Gasteiger partial charge in [0.25, 0.3) is 0 Å². The molecule has 142 valence electrons. The molecule has 1 aromatic carbocycles. The monoisotopic (exact) mass is 353 g/mol. The molecule has 3 aliphatic rings. The van der Waals surface area contributed by atoms with Crippen LogP contribution in [0.15, 0.2) is 30.3 Å². The van der Waals surface area contributed by atoms with E-state index >= 15 is 0 Å². The fourth-order valence-electron chi connectivity index (χ4n) is 5.82. The minimum Gasteiger partial charge on any atom is -0.299 e. The standard InChI is InChI=1S/C24H35NO/c26-24(15-14-19-8-3-1-4-9-19)21-16-22-12-7-13-23(17-21)25(22)18-20-10-5-2-6-11-20/h2,5-6,10-11,19,21-23H,1,3-4,7-9,12-18H2. The number of hydrogen-bond acceptors (Lipinski definition) is 2. The van der Waals surface area contributed by atoms with Crippen molar-refractivity contribution < 1.29 is 4.79 Å². The van der Waals surface area contributed by atoms with Gasteiger partial charge in [0.05, 0.1) is 0 Å². The number of carbonyl (C=O) groups is 1. The summed E-state index contributed by atoms with van der Waals surface area (Å²) in [5, 5.41) is 0. The van der Waals surface area contributed by atoms with Gasteiger partial charge in [-0.3, -0.25) is 9.69 Å². The largest absolute Gasteiger partial charge is 0.299 e. The van der Waals surface area contributed by atoms with Gasteiger partial charge in [0.1, 0.15) is 5.78 Å². The van der Waals surface area contributed by atoms with Crippen molar-refractivity contribution in [2.75, 3.05) is 0 Å². The van der Waals surface area contributed by atoms with Crippen LogP contribution in [0.1, 0.15) is 82.6 Å². The topological polar surface area (TPSA) is 20.3 Å². The molecule has 0 N–H and O–H groups in total. The molecule has 2 heteroatoms. The van der Waals surface area contributed by atoms with Crippen molar-refractivity contribution in [3.63, 3.8) is 0 Å². The molecule has 0 radical (unpaired) electrons. The van der Waals surface area contributed by atoms with Crippen LogP contribution < -0.4 is 0 Å². The highest BCUT2D eigenvalue weighted by molar-refractivity contribution is 5.81. The fraction of sp³-hybridized carbons (Fsp3) is 0.708. The average molecular weight is 354 g/mol. The van der Waals surface area contributed by atoms with E-state index in [4.69, 9.17) is 0 Å². The first-order valence-corrected chi connectivity index (χ1v) is 11.1. The maximum atomic E-state index is 12.9. The van der Waals surface area contributed by atoms with Crippen LogP contribution in [0.5, 0.6) is 0 Å². The van der Waals surface area contributed by atoms with Gasteiger partial charge in [-0.1, -0.05) is 68.9 Å². The van der Waals surface area contributed by atoms with E-state index in [-0.39, 0.29) is 0 Å². The predicted octanol–water partition coefficient (Wildman–Crippen LogP) is 5.75. The number of Topliss-reactive ketones (excluding diaryl/α,β-unsaturated/α-hetero) is 1. The third-order valence-electron chi connectivity index (χ3n) is 7.31. The summed E-state index contributed by atoms with van der Waals surface area (Å²) in [6.07, 6.45) is 15.1. The van der Waals surface area contributed by atoms with Crippen LogP contribution in [0.2, 0.25) is 0 Å². The molecule has 0 spiro atoms. The number of hydrogen-bond donors (Lipinski definition) is 0. The zero-order valence-electron chi connectivity index (χ0n) is 16.2. The van der Waals surface area contributed by atoms with Crippen LogP contribution in [-0.2, 0) is 11.3 Å². The summed E-state index contributed by atoms with van der Waals surface area (Å²) in [4.78, 5) is 15.6. The van der Waals surface area contributed by atoms with Gasteiger partial charge < -0.3 is 0 Å². The fourth-order valence-corrected chi connectivity index (χ4v) is 5.82. The number of benzene rings is 1. The quantitative estimate of drug-likeness (QED) is 0.649. The van der Waals surface area contributed by atoms with Crippen LogP contribution in [0, 0.1) is 11.8 Å². The van der Waals surface area contributed by atoms with Crippen molar-refractivity contribution in [1.29, 1.82) is 0 Å². The summed E-state index contributed by atoms with van der Waals surface area (Å²) >= 11 is 0. The van der Waals surface area contributed by atoms with E-state index in [1.807, 2.05) is 0 Å². The maximum Gasteiger partial charge on any atom is 0.136 e. The lowest BCUT2D eigenvalue weighted by Crippen LogP contribution is -2.52. The molecule has 2 aliphatic heterocycles. The summed E-state index contributed by atoms with van der Waals surface area (Å²) in [7, 11) is 0. The van der Waals surface area contributed by atoms with Gasteiger partial charge in [0.15, 0.2) is 0 Å². The summed E-state index contributed by atoms with van der Waals surface area (Å²) < 4.78 is 0. The first kappa shape index (κ1) is 18.2. The Morgan fingerprint density at radius 1 is 0.885 bits per heavy atom. The minimum atomic E-state index is 0.348. The maximum absolute atomic E-state index is 12.9. The average Bonchev–Trinajstić information content (AvgIpc) is 2.67. The highest BCUT2D eigenvalue weighted by Crippen LogP contribution is 2.39. The number of rotatable bonds is 6. The molecular weight excluding hydrogens is 318 g/mol. The van der Waals surface area contributed by atoms with Gasteiger partial charge >= 0.3 is 0 Å². The van der Waals surface area contributed by atoms with Crippen LogP contribution in [0.25, 0.3) is 0 Å². The molecule has 2 heterocycles. The van der Waals surface area contributed by atoms with E-state index in [0.717, 1.165) is 31.7 Å². The second kappa shape index (κ2) is 8.69. The van der Waals surface area contributed by atoms with Crippen LogP contribution in [-0.4, -0.2) is 22.8 Å². The lowest BCUT2D eigenvalue weighted by Gasteiger charge is -2.48. The number of piperidine rings is 2. The zero-order valence-corrected chi connectivity index (χ0v) is 16.2. The smallest absolute Gasteiger partial charge is 0.136 e. The Bertz CT molecular complexity index is 563. The van der Waals surface area contributed by atoms with Crippen molar-refractivity contribution in [2.45, 2.75) is 95.7 Å². The predicted molar refractivity (Wildman–Crippen MR) is 107 cm³/mol. The molecule has 4 rings (SSSR count). The molecule has 1 saturated carbocycles. The molecule has 0 amide bonds. The van der Waals surface area contributed by atoms with Gasteiger partial charge in [-0.15, -0.1) is 0 Å². The van der Waals surface area contributed by atoms with E-state index in [0.29, 0.717) is 23.8 Å². The van der Waals surface area contributed by atoms with Crippen molar-refractivity contribution >= 4 is 5.78 Å². The number of fused-ring (bicyclic) bond motifs is 2. The van der Waals surface area contributed by atoms with Crippen molar-refractivity contribution in [1.82, 2.24) is 4.90 Å². The van der Waals surface area contributed by atoms with Crippen LogP contribution in [0.4, 0.5) is 0 Å². The Hall–Kier alpha value is -1.15. The first-order chi connectivity index (χ1) is 12.8. The first-order valence-electron chi connectivity index (χ1n) is 11.1. The Kier molecular flexibility index (Phi) is 6.09. The molecule has 2 nitrogen and oxygen atoms in total. The lowest BCUT2D eigenvalue weighted by molar-refractivity contribution is -0.127. The van der Waals surface area contributed by atoms with E-state index in [1.54, 1.807) is 0 Å². The van der Waals surface area contributed by atoms with Crippen LogP contribution in [0.3, 0.4) is 0 Å². The lowest BCUT2D eigenvalue weighted by atomic mass is 9.75. The molecule has 26 heavy (non-hydrogen) atoms. The van der Waals surface area contributed by atoms with Crippen molar-refractivity contribution in [2.24, 2.45) is 11.8 Å². The molecule has 1 aliphatic carbocycles. The van der Waals surface area contributed by atoms with Gasteiger partial charge in [0.2, 0.25) is 0 Å².